The van der Waals surface area contributed by atoms with Crippen LogP contribution in [0, 0.1) is 17.0 Å². The summed E-state index contributed by atoms with van der Waals surface area (Å²) in [5.41, 5.74) is 1.43. The van der Waals surface area contributed by atoms with Crippen molar-refractivity contribution in [1.82, 2.24) is 4.31 Å². The number of hydrogen-bond acceptors (Lipinski definition) is 4. The van der Waals surface area contributed by atoms with Crippen LogP contribution in [0.1, 0.15) is 11.1 Å². The highest BCUT2D eigenvalue weighted by atomic mass is 32.2. The molecule has 0 bridgehead atoms. The monoisotopic (exact) mass is 320 g/mol. The van der Waals surface area contributed by atoms with Gasteiger partial charge in [0.25, 0.3) is 5.69 Å². The molecular weight excluding hydrogens is 304 g/mol. The predicted octanol–water partition coefficient (Wildman–Crippen LogP) is 2.72. The summed E-state index contributed by atoms with van der Waals surface area (Å²) in [6.07, 6.45) is 0. The highest BCUT2D eigenvalue weighted by Crippen LogP contribution is 2.26. The summed E-state index contributed by atoms with van der Waals surface area (Å²) in [5.74, 6) is 0. The Labute approximate surface area is 129 Å². The molecule has 0 unspecified atom stereocenters. The second-order valence-electron chi connectivity index (χ2n) is 4.97. The van der Waals surface area contributed by atoms with Gasteiger partial charge in [-0.1, -0.05) is 42.0 Å². The third kappa shape index (κ3) is 3.32. The molecule has 2 aromatic rings. The Bertz CT molecular complexity index is 803. The average molecular weight is 320 g/mol. The molecule has 0 N–H and O–H groups in total. The van der Waals surface area contributed by atoms with Crippen LogP contribution in [0.2, 0.25) is 0 Å². The van der Waals surface area contributed by atoms with Gasteiger partial charge in [0, 0.05) is 19.7 Å². The molecule has 7 heteroatoms. The number of benzene rings is 2. The molecule has 0 saturated heterocycles. The van der Waals surface area contributed by atoms with Crippen LogP contribution in [0.15, 0.2) is 53.4 Å². The summed E-state index contributed by atoms with van der Waals surface area (Å²) < 4.78 is 26.3. The molecule has 0 saturated carbocycles. The summed E-state index contributed by atoms with van der Waals surface area (Å²) in [6.45, 7) is 2.07. The summed E-state index contributed by atoms with van der Waals surface area (Å²) >= 11 is 0. The van der Waals surface area contributed by atoms with E-state index in [1.54, 1.807) is 0 Å². The van der Waals surface area contributed by atoms with Crippen molar-refractivity contribution in [3.63, 3.8) is 0 Å². The third-order valence-electron chi connectivity index (χ3n) is 3.24. The van der Waals surface area contributed by atoms with E-state index in [4.69, 9.17) is 0 Å². The molecule has 2 aromatic carbocycles. The Hall–Kier alpha value is -2.25. The fourth-order valence-electron chi connectivity index (χ4n) is 2.15. The van der Waals surface area contributed by atoms with Crippen LogP contribution in [0.3, 0.4) is 0 Å². The van der Waals surface area contributed by atoms with E-state index in [1.165, 1.54) is 31.3 Å². The van der Waals surface area contributed by atoms with Gasteiger partial charge in [-0.3, -0.25) is 10.1 Å². The number of rotatable bonds is 5. The molecule has 22 heavy (non-hydrogen) atoms. The Morgan fingerprint density at radius 2 is 1.82 bits per heavy atom. The SMILES string of the molecule is Cc1cccc(CN(C)S(=O)(=O)c2ccccc2[N+](=O)[O-])c1. The molecule has 0 aliphatic carbocycles. The maximum atomic E-state index is 12.6. The van der Waals surface area contributed by atoms with E-state index in [1.807, 2.05) is 31.2 Å². The van der Waals surface area contributed by atoms with Gasteiger partial charge in [-0.2, -0.15) is 4.31 Å². The number of nitrogens with zero attached hydrogens (tertiary/aromatic N) is 2. The first kappa shape index (κ1) is 16.1. The zero-order valence-electron chi connectivity index (χ0n) is 12.3. The Kier molecular flexibility index (Phi) is 4.58. The van der Waals surface area contributed by atoms with Gasteiger partial charge in [0.2, 0.25) is 10.0 Å². The zero-order chi connectivity index (χ0) is 16.3. The van der Waals surface area contributed by atoms with Crippen molar-refractivity contribution in [2.24, 2.45) is 0 Å². The average Bonchev–Trinajstić information content (AvgIpc) is 2.47. The van der Waals surface area contributed by atoms with Gasteiger partial charge >= 0.3 is 0 Å². The standard InChI is InChI=1S/C15H16N2O4S/c1-12-6-5-7-13(10-12)11-16(2)22(20,21)15-9-4-3-8-14(15)17(18)19/h3-10H,11H2,1-2H3. The van der Waals surface area contributed by atoms with Crippen molar-refractivity contribution in [2.45, 2.75) is 18.4 Å². The van der Waals surface area contributed by atoms with E-state index in [9.17, 15) is 18.5 Å². The number of aryl methyl sites for hydroxylation is 1. The molecule has 0 aromatic heterocycles. The normalized spacial score (nSPS) is 11.6. The smallest absolute Gasteiger partial charge is 0.258 e. The minimum absolute atomic E-state index is 0.149. The van der Waals surface area contributed by atoms with Gasteiger partial charge in [-0.25, -0.2) is 8.42 Å². The zero-order valence-corrected chi connectivity index (χ0v) is 13.1. The molecule has 0 amide bonds. The van der Waals surface area contributed by atoms with Crippen molar-refractivity contribution in [3.8, 4) is 0 Å². The van der Waals surface area contributed by atoms with E-state index in [0.29, 0.717) is 0 Å². The summed E-state index contributed by atoms with van der Waals surface area (Å²) in [4.78, 5) is 10.0. The molecule has 116 valence electrons. The van der Waals surface area contributed by atoms with Gasteiger partial charge in [-0.15, -0.1) is 0 Å². The maximum absolute atomic E-state index is 12.6. The van der Waals surface area contributed by atoms with Crippen molar-refractivity contribution >= 4 is 15.7 Å². The topological polar surface area (TPSA) is 80.5 Å². The van der Waals surface area contributed by atoms with Crippen molar-refractivity contribution in [3.05, 3.63) is 69.8 Å². The van der Waals surface area contributed by atoms with Crippen LogP contribution in [0.4, 0.5) is 5.69 Å². The van der Waals surface area contributed by atoms with E-state index in [0.717, 1.165) is 15.4 Å². The lowest BCUT2D eigenvalue weighted by Crippen LogP contribution is -2.27. The lowest BCUT2D eigenvalue weighted by Gasteiger charge is -2.17. The summed E-state index contributed by atoms with van der Waals surface area (Å²) in [7, 11) is -2.52. The van der Waals surface area contributed by atoms with E-state index in [2.05, 4.69) is 0 Å². The first-order chi connectivity index (χ1) is 10.3. The lowest BCUT2D eigenvalue weighted by molar-refractivity contribution is -0.387. The van der Waals surface area contributed by atoms with Crippen molar-refractivity contribution < 1.29 is 13.3 Å². The number of para-hydroxylation sites is 1. The van der Waals surface area contributed by atoms with Gasteiger partial charge in [-0.05, 0) is 18.6 Å². The van der Waals surface area contributed by atoms with Crippen LogP contribution in [0.25, 0.3) is 0 Å². The fourth-order valence-corrected chi connectivity index (χ4v) is 3.46. The van der Waals surface area contributed by atoms with E-state index >= 15 is 0 Å². The van der Waals surface area contributed by atoms with Crippen LogP contribution in [-0.4, -0.2) is 24.7 Å². The first-order valence-electron chi connectivity index (χ1n) is 6.57. The second-order valence-corrected chi connectivity index (χ2v) is 6.99. The predicted molar refractivity (Wildman–Crippen MR) is 82.9 cm³/mol. The quantitative estimate of drug-likeness (QED) is 0.626. The first-order valence-corrected chi connectivity index (χ1v) is 8.01. The molecule has 0 aliphatic heterocycles. The highest BCUT2D eigenvalue weighted by molar-refractivity contribution is 7.89. The van der Waals surface area contributed by atoms with Gasteiger partial charge < -0.3 is 0 Å². The molecule has 0 spiro atoms. The number of nitro benzene ring substituents is 1. The maximum Gasteiger partial charge on any atom is 0.289 e. The Balaban J connectivity index is 2.36. The van der Waals surface area contributed by atoms with Gasteiger partial charge in [0.1, 0.15) is 0 Å². The largest absolute Gasteiger partial charge is 0.289 e. The van der Waals surface area contributed by atoms with Crippen molar-refractivity contribution in [1.29, 1.82) is 0 Å². The summed E-state index contributed by atoms with van der Waals surface area (Å²) in [6, 6.07) is 12.8. The second kappa shape index (κ2) is 6.25. The molecule has 0 radical (unpaired) electrons. The molecular formula is C15H16N2O4S. The Morgan fingerprint density at radius 3 is 2.45 bits per heavy atom. The Morgan fingerprint density at radius 1 is 1.14 bits per heavy atom. The van der Waals surface area contributed by atoms with Gasteiger partial charge in [0.05, 0.1) is 4.92 Å². The van der Waals surface area contributed by atoms with Crippen LogP contribution in [0.5, 0.6) is 0 Å². The molecule has 6 nitrogen and oxygen atoms in total. The van der Waals surface area contributed by atoms with Crippen LogP contribution < -0.4 is 0 Å². The minimum Gasteiger partial charge on any atom is -0.258 e. The molecule has 0 aliphatic rings. The fraction of sp³-hybridized carbons (Fsp3) is 0.200. The minimum atomic E-state index is -3.93. The van der Waals surface area contributed by atoms with E-state index < -0.39 is 20.6 Å². The summed E-state index contributed by atoms with van der Waals surface area (Å²) in [5, 5.41) is 11.0. The van der Waals surface area contributed by atoms with Crippen LogP contribution >= 0.6 is 0 Å². The number of nitro groups is 1. The van der Waals surface area contributed by atoms with Crippen molar-refractivity contribution in [2.75, 3.05) is 7.05 Å². The third-order valence-corrected chi connectivity index (χ3v) is 5.09. The number of hydrogen-bond donors (Lipinski definition) is 0. The highest BCUT2D eigenvalue weighted by Gasteiger charge is 2.28. The van der Waals surface area contributed by atoms with E-state index in [-0.39, 0.29) is 11.4 Å². The van der Waals surface area contributed by atoms with Gasteiger partial charge in [0.15, 0.2) is 4.90 Å². The lowest BCUT2D eigenvalue weighted by atomic mass is 10.1. The molecule has 2 rings (SSSR count). The molecule has 0 heterocycles. The molecule has 0 fully saturated rings. The molecule has 0 atom stereocenters. The number of sulfonamides is 1. The van der Waals surface area contributed by atoms with Crippen LogP contribution in [-0.2, 0) is 16.6 Å².